The normalized spacial score (nSPS) is 46.3. The van der Waals surface area contributed by atoms with Crippen molar-refractivity contribution in [2.24, 2.45) is 56.9 Å². The molecule has 9 atom stereocenters. The van der Waals surface area contributed by atoms with E-state index in [2.05, 4.69) is 25.8 Å². The molecular weight excluding hydrogens is 418 g/mol. The summed E-state index contributed by atoms with van der Waals surface area (Å²) in [7, 11) is 0. The van der Waals surface area contributed by atoms with Gasteiger partial charge in [0.15, 0.2) is 5.96 Å². The minimum absolute atomic E-state index is 0.127. The van der Waals surface area contributed by atoms with Crippen molar-refractivity contribution < 1.29 is 9.53 Å². The smallest absolute Gasteiger partial charge is 0.331 e. The Morgan fingerprint density at radius 3 is 2.56 bits per heavy atom. The van der Waals surface area contributed by atoms with Gasteiger partial charge in [0.25, 0.3) is 0 Å². The highest BCUT2D eigenvalue weighted by molar-refractivity contribution is 8.00. The summed E-state index contributed by atoms with van der Waals surface area (Å²) in [6, 6.07) is 0. The number of thioether (sulfide) groups is 1. The zero-order chi connectivity index (χ0) is 22.7. The molecule has 0 saturated heterocycles. The molecular formula is C26H41N3O2S. The van der Waals surface area contributed by atoms with Crippen molar-refractivity contribution >= 4 is 23.7 Å². The average molecular weight is 460 g/mol. The lowest BCUT2D eigenvalue weighted by atomic mass is 9.44. The van der Waals surface area contributed by atoms with Crippen molar-refractivity contribution in [3.63, 3.8) is 0 Å². The van der Waals surface area contributed by atoms with Gasteiger partial charge in [0.05, 0.1) is 5.37 Å². The number of esters is 1. The number of carbonyl (C=O) groups is 1. The molecule has 0 aromatic heterocycles. The molecule has 5 aliphatic rings. The quantitative estimate of drug-likeness (QED) is 0.356. The second kappa shape index (κ2) is 8.25. The molecule has 1 aliphatic heterocycles. The molecule has 0 amide bonds. The monoisotopic (exact) mass is 459 g/mol. The maximum atomic E-state index is 11.7. The van der Waals surface area contributed by atoms with Crippen molar-refractivity contribution in [2.75, 3.05) is 6.61 Å². The van der Waals surface area contributed by atoms with Crippen LogP contribution in [0.5, 0.6) is 0 Å². The standard InChI is InChI=1S/C26H41N3O2S/c1-15(29-24(27)28)32-18-8-10-25(2)17(13-18)4-5-19-21-7-6-20(16-12-23(30)31-14-16)26(21,3)11-9-22(19)25/h12,15,17-22H,4-11,13-14H2,1-3H3,(H4,27,28,29)/t15?,17-,18+,19+,20-,21+,22+,25+,26-/m1/s1. The number of cyclic esters (lactones) is 1. The molecule has 0 aromatic rings. The van der Waals surface area contributed by atoms with Gasteiger partial charge in [-0.15, -0.1) is 11.8 Å². The summed E-state index contributed by atoms with van der Waals surface area (Å²) < 4.78 is 5.30. The van der Waals surface area contributed by atoms with Crippen LogP contribution in [-0.2, 0) is 9.53 Å². The summed E-state index contributed by atoms with van der Waals surface area (Å²) >= 11 is 1.97. The van der Waals surface area contributed by atoms with Gasteiger partial charge in [0, 0.05) is 11.3 Å². The maximum Gasteiger partial charge on any atom is 0.331 e. The SMILES string of the molecule is CC(N=C(N)N)S[C@H]1CC[C@@]2(C)[C@H](CC[C@@H]3[C@@H]2CC[C@]2(C)[C@@H](C4=CC(=O)OC4)CC[C@@H]32)C1. The van der Waals surface area contributed by atoms with E-state index in [-0.39, 0.29) is 17.3 Å². The van der Waals surface area contributed by atoms with Gasteiger partial charge in [-0.25, -0.2) is 9.79 Å². The number of ether oxygens (including phenoxy) is 1. The average Bonchev–Trinajstić information content (AvgIpc) is 3.30. The van der Waals surface area contributed by atoms with Gasteiger partial charge >= 0.3 is 5.97 Å². The zero-order valence-electron chi connectivity index (χ0n) is 20.0. The fraction of sp³-hybridized carbons (Fsp3) is 0.846. The number of carbonyl (C=O) groups excluding carboxylic acids is 1. The second-order valence-electron chi connectivity index (χ2n) is 11.8. The molecule has 0 aromatic carbocycles. The summed E-state index contributed by atoms with van der Waals surface area (Å²) in [6.07, 6.45) is 13.8. The Morgan fingerprint density at radius 1 is 1.09 bits per heavy atom. The molecule has 1 heterocycles. The Bertz CT molecular complexity index is 824. The van der Waals surface area contributed by atoms with Gasteiger partial charge in [-0.3, -0.25) is 0 Å². The van der Waals surface area contributed by atoms with Crippen molar-refractivity contribution in [1.29, 1.82) is 0 Å². The minimum Gasteiger partial charge on any atom is -0.458 e. The third-order valence-electron chi connectivity index (χ3n) is 10.5. The van der Waals surface area contributed by atoms with Crippen molar-refractivity contribution in [3.05, 3.63) is 11.6 Å². The summed E-state index contributed by atoms with van der Waals surface area (Å²) in [5, 5.41) is 0.830. The first-order valence-electron chi connectivity index (χ1n) is 12.8. The van der Waals surface area contributed by atoms with Crippen LogP contribution in [0.25, 0.3) is 0 Å². The summed E-state index contributed by atoms with van der Waals surface area (Å²) in [6.45, 7) is 7.83. The van der Waals surface area contributed by atoms with Gasteiger partial charge in [0.2, 0.25) is 0 Å². The second-order valence-corrected chi connectivity index (χ2v) is 13.5. The summed E-state index contributed by atoms with van der Waals surface area (Å²) in [5.74, 6) is 4.02. The van der Waals surface area contributed by atoms with Crippen LogP contribution in [0.4, 0.5) is 0 Å². The van der Waals surface area contributed by atoms with E-state index in [1.54, 1.807) is 0 Å². The molecule has 4 saturated carbocycles. The van der Waals surface area contributed by atoms with E-state index in [9.17, 15) is 4.79 Å². The molecule has 32 heavy (non-hydrogen) atoms. The molecule has 5 nitrogen and oxygen atoms in total. The van der Waals surface area contributed by atoms with Crippen molar-refractivity contribution in [3.8, 4) is 0 Å². The van der Waals surface area contributed by atoms with Gasteiger partial charge in [0.1, 0.15) is 6.61 Å². The predicted molar refractivity (Wildman–Crippen MR) is 131 cm³/mol. The molecule has 4 fully saturated rings. The van der Waals surface area contributed by atoms with Gasteiger partial charge in [-0.1, -0.05) is 13.8 Å². The summed E-state index contributed by atoms with van der Waals surface area (Å²) in [5.41, 5.74) is 13.3. The highest BCUT2D eigenvalue weighted by atomic mass is 32.2. The predicted octanol–water partition coefficient (Wildman–Crippen LogP) is 4.85. The van der Waals surface area contributed by atoms with Gasteiger partial charge in [-0.2, -0.15) is 0 Å². The van der Waals surface area contributed by atoms with Crippen LogP contribution < -0.4 is 11.5 Å². The van der Waals surface area contributed by atoms with E-state index in [1.165, 1.54) is 63.4 Å². The zero-order valence-corrected chi connectivity index (χ0v) is 20.8. The Kier molecular flexibility index (Phi) is 5.83. The van der Waals surface area contributed by atoms with Crippen LogP contribution in [0, 0.1) is 40.4 Å². The minimum atomic E-state index is -0.127. The van der Waals surface area contributed by atoms with E-state index in [4.69, 9.17) is 16.2 Å². The first kappa shape index (κ1) is 22.6. The first-order valence-corrected chi connectivity index (χ1v) is 13.8. The van der Waals surface area contributed by atoms with Crippen LogP contribution >= 0.6 is 11.8 Å². The number of guanidine groups is 1. The van der Waals surface area contributed by atoms with Gasteiger partial charge in [-0.05, 0) is 111 Å². The van der Waals surface area contributed by atoms with Crippen molar-refractivity contribution in [2.45, 2.75) is 89.2 Å². The van der Waals surface area contributed by atoms with E-state index in [0.717, 1.165) is 23.7 Å². The highest BCUT2D eigenvalue weighted by Crippen LogP contribution is 2.68. The van der Waals surface area contributed by atoms with E-state index in [1.807, 2.05) is 17.8 Å². The van der Waals surface area contributed by atoms with Crippen LogP contribution in [-0.4, -0.2) is 29.2 Å². The molecule has 0 spiro atoms. The largest absolute Gasteiger partial charge is 0.458 e. The Balaban J connectivity index is 1.29. The number of hydrogen-bond donors (Lipinski definition) is 2. The molecule has 1 unspecified atom stereocenters. The number of fused-ring (bicyclic) bond motifs is 5. The van der Waals surface area contributed by atoms with Crippen LogP contribution in [0.15, 0.2) is 16.6 Å². The van der Waals surface area contributed by atoms with E-state index in [0.29, 0.717) is 28.6 Å². The fourth-order valence-corrected chi connectivity index (χ4v) is 10.4. The number of rotatable bonds is 4. The van der Waals surface area contributed by atoms with E-state index >= 15 is 0 Å². The molecule has 0 radical (unpaired) electrons. The molecule has 4 aliphatic carbocycles. The molecule has 178 valence electrons. The lowest BCUT2D eigenvalue weighted by Crippen LogP contribution is -2.53. The number of nitrogens with zero attached hydrogens (tertiary/aromatic N) is 1. The van der Waals surface area contributed by atoms with Crippen LogP contribution in [0.3, 0.4) is 0 Å². The van der Waals surface area contributed by atoms with Crippen LogP contribution in [0.1, 0.15) is 78.6 Å². The molecule has 4 N–H and O–H groups in total. The lowest BCUT2D eigenvalue weighted by Gasteiger charge is -2.61. The lowest BCUT2D eigenvalue weighted by molar-refractivity contribution is -0.135. The third-order valence-corrected chi connectivity index (χ3v) is 11.8. The van der Waals surface area contributed by atoms with Crippen LogP contribution in [0.2, 0.25) is 0 Å². The molecule has 5 rings (SSSR count). The summed E-state index contributed by atoms with van der Waals surface area (Å²) in [4.78, 5) is 16.1. The topological polar surface area (TPSA) is 90.7 Å². The number of aliphatic imine (C=N–C) groups is 1. The van der Waals surface area contributed by atoms with E-state index < -0.39 is 0 Å². The third kappa shape index (κ3) is 3.69. The first-order chi connectivity index (χ1) is 15.2. The Labute approximate surface area is 197 Å². The van der Waals surface area contributed by atoms with Gasteiger partial charge < -0.3 is 16.2 Å². The van der Waals surface area contributed by atoms with Crippen molar-refractivity contribution in [1.82, 2.24) is 0 Å². The molecule has 0 bridgehead atoms. The maximum absolute atomic E-state index is 11.7. The fourth-order valence-electron chi connectivity index (χ4n) is 9.06. The number of nitrogens with two attached hydrogens (primary N) is 2. The highest BCUT2D eigenvalue weighted by Gasteiger charge is 2.60. The number of hydrogen-bond acceptors (Lipinski definition) is 4. The Hall–Kier alpha value is -1.17. The Morgan fingerprint density at radius 2 is 1.84 bits per heavy atom. The molecule has 6 heteroatoms.